The summed E-state index contributed by atoms with van der Waals surface area (Å²) in [5.41, 5.74) is 6.37. The molecule has 1 aliphatic carbocycles. The van der Waals surface area contributed by atoms with Crippen LogP contribution in [0.2, 0.25) is 19.6 Å². The maximum atomic E-state index is 3.30. The van der Waals surface area contributed by atoms with E-state index >= 15 is 0 Å². The number of fused-ring (bicyclic) bond motifs is 1. The minimum absolute atomic E-state index is 0. The average molecular weight is 363 g/mol. The predicted octanol–water partition coefficient (Wildman–Crippen LogP) is 4.51. The third-order valence-corrected chi connectivity index (χ3v) is 3.39. The van der Waals surface area contributed by atoms with Gasteiger partial charge in [0, 0.05) is 26.2 Å². The Balaban J connectivity index is 0. The van der Waals surface area contributed by atoms with Gasteiger partial charge in [0.2, 0.25) is 0 Å². The van der Waals surface area contributed by atoms with Gasteiger partial charge < -0.3 is 0 Å². The minimum atomic E-state index is -1.12. The molecule has 0 saturated heterocycles. The standard InChI is InChI=1S/C13H15Si.2ClH.Zr/c1-14(2,3)10-12-9-8-11-6-4-5-7-13(11)12;;;/h4-7,9-10H,1-3H3;2*1H;/q-1;;;. The van der Waals surface area contributed by atoms with Gasteiger partial charge in [0.05, 0.1) is 8.07 Å². The number of rotatable bonds is 1. The van der Waals surface area contributed by atoms with E-state index < -0.39 is 8.07 Å². The van der Waals surface area contributed by atoms with E-state index in [1.807, 2.05) is 0 Å². The van der Waals surface area contributed by atoms with Crippen molar-refractivity contribution in [3.05, 3.63) is 53.2 Å². The van der Waals surface area contributed by atoms with Crippen molar-refractivity contribution in [1.29, 1.82) is 0 Å². The fourth-order valence-electron chi connectivity index (χ4n) is 1.68. The van der Waals surface area contributed by atoms with E-state index in [1.165, 1.54) is 16.7 Å². The van der Waals surface area contributed by atoms with Crippen LogP contribution < -0.4 is 0 Å². The van der Waals surface area contributed by atoms with Crippen LogP contribution in [0.4, 0.5) is 0 Å². The predicted molar refractivity (Wildman–Crippen MR) is 79.2 cm³/mol. The third kappa shape index (κ3) is 5.26. The average Bonchev–Trinajstić information content (AvgIpc) is 2.47. The van der Waals surface area contributed by atoms with Gasteiger partial charge in [-0.15, -0.1) is 72.0 Å². The van der Waals surface area contributed by atoms with Gasteiger partial charge in [0.1, 0.15) is 0 Å². The molecule has 0 bridgehead atoms. The number of hydrogen-bond donors (Lipinski definition) is 0. The molecule has 92 valence electrons. The topological polar surface area (TPSA) is 0 Å². The van der Waals surface area contributed by atoms with E-state index in [1.54, 1.807) is 0 Å². The Hall–Kier alpha value is 0.380. The summed E-state index contributed by atoms with van der Waals surface area (Å²) in [7, 11) is -1.12. The Labute approximate surface area is 137 Å². The molecule has 0 spiro atoms. The van der Waals surface area contributed by atoms with E-state index in [-0.39, 0.29) is 51.0 Å². The monoisotopic (exact) mass is 361 g/mol. The Bertz CT molecular complexity index is 420. The van der Waals surface area contributed by atoms with Crippen molar-refractivity contribution >= 4 is 38.5 Å². The van der Waals surface area contributed by atoms with E-state index in [0.717, 1.165) is 0 Å². The fourth-order valence-corrected chi connectivity index (χ4v) is 2.85. The number of benzene rings is 1. The van der Waals surface area contributed by atoms with E-state index in [2.05, 4.69) is 61.8 Å². The van der Waals surface area contributed by atoms with Crippen LogP contribution in [0.15, 0.2) is 36.0 Å². The van der Waals surface area contributed by atoms with Crippen LogP contribution in [-0.4, -0.2) is 8.07 Å². The van der Waals surface area contributed by atoms with Crippen LogP contribution in [0.25, 0.3) is 5.57 Å². The van der Waals surface area contributed by atoms with Crippen molar-refractivity contribution < 1.29 is 26.2 Å². The molecule has 0 atom stereocenters. The van der Waals surface area contributed by atoms with Crippen LogP contribution in [0, 0.1) is 6.08 Å². The van der Waals surface area contributed by atoms with E-state index in [9.17, 15) is 0 Å². The van der Waals surface area contributed by atoms with Gasteiger partial charge in [0.15, 0.2) is 0 Å². The quantitative estimate of drug-likeness (QED) is 0.509. The molecule has 0 saturated carbocycles. The second kappa shape index (κ2) is 7.74. The fraction of sp³-hybridized carbons (Fsp3) is 0.231. The summed E-state index contributed by atoms with van der Waals surface area (Å²) in [5.74, 6) is 0. The molecule has 1 aromatic rings. The molecule has 2 rings (SSSR count). The summed E-state index contributed by atoms with van der Waals surface area (Å²) in [6.45, 7) is 7.07. The first-order valence-electron chi connectivity index (χ1n) is 4.98. The largest absolute Gasteiger partial charge is 0.151 e. The minimum Gasteiger partial charge on any atom is -0.151 e. The zero-order chi connectivity index (χ0) is 10.2. The molecule has 1 aliphatic rings. The molecule has 0 fully saturated rings. The first-order chi connectivity index (χ1) is 6.56. The summed E-state index contributed by atoms with van der Waals surface area (Å²) in [6, 6.07) is 8.46. The van der Waals surface area contributed by atoms with Crippen LogP contribution >= 0.6 is 24.8 Å². The van der Waals surface area contributed by atoms with Gasteiger partial charge in [-0.1, -0.05) is 25.7 Å². The van der Waals surface area contributed by atoms with Crippen molar-refractivity contribution in [2.45, 2.75) is 19.6 Å². The zero-order valence-electron chi connectivity index (χ0n) is 10.3. The summed E-state index contributed by atoms with van der Waals surface area (Å²) in [5, 5.41) is 0. The molecular formula is C13H17Cl2SiZr-. The molecule has 0 aromatic heterocycles. The SMILES string of the molecule is C[Si](C)(C)C=C1C=[C-]c2ccccc21.Cl.Cl.[Zr]. The molecule has 0 unspecified atom stereocenters. The molecule has 0 radical (unpaired) electrons. The van der Waals surface area contributed by atoms with E-state index in [0.29, 0.717) is 0 Å². The van der Waals surface area contributed by atoms with Crippen molar-refractivity contribution in [2.24, 2.45) is 0 Å². The number of allylic oxidation sites excluding steroid dienone is 2. The molecule has 17 heavy (non-hydrogen) atoms. The van der Waals surface area contributed by atoms with Gasteiger partial charge in [-0.05, 0) is 0 Å². The van der Waals surface area contributed by atoms with Crippen LogP contribution in [0.3, 0.4) is 0 Å². The Morgan fingerprint density at radius 1 is 1.06 bits per heavy atom. The van der Waals surface area contributed by atoms with Gasteiger partial charge in [0.25, 0.3) is 0 Å². The third-order valence-electron chi connectivity index (χ3n) is 2.21. The van der Waals surface area contributed by atoms with Crippen molar-refractivity contribution in [2.75, 3.05) is 0 Å². The smallest absolute Gasteiger partial charge is 0.0589 e. The molecule has 0 aliphatic heterocycles. The molecule has 0 heterocycles. The van der Waals surface area contributed by atoms with Crippen molar-refractivity contribution in [3.8, 4) is 0 Å². The number of halogens is 2. The molecule has 0 nitrogen and oxygen atoms in total. The maximum Gasteiger partial charge on any atom is 0.0589 e. The first-order valence-corrected chi connectivity index (χ1v) is 8.56. The normalized spacial score (nSPS) is 14.4. The van der Waals surface area contributed by atoms with Gasteiger partial charge in [-0.3, -0.25) is 0 Å². The van der Waals surface area contributed by atoms with Gasteiger partial charge in [-0.25, -0.2) is 0 Å². The van der Waals surface area contributed by atoms with Gasteiger partial charge in [-0.2, -0.15) is 5.56 Å². The van der Waals surface area contributed by atoms with Crippen molar-refractivity contribution in [1.82, 2.24) is 0 Å². The summed E-state index contributed by atoms with van der Waals surface area (Å²) in [6.07, 6.45) is 5.42. The Kier molecular flexibility index (Phi) is 8.97. The van der Waals surface area contributed by atoms with Crippen LogP contribution in [-0.2, 0) is 26.2 Å². The molecule has 1 aromatic carbocycles. The molecule has 4 heteroatoms. The summed E-state index contributed by atoms with van der Waals surface area (Å²) >= 11 is 0. The molecule has 0 amide bonds. The van der Waals surface area contributed by atoms with Crippen LogP contribution in [0.1, 0.15) is 11.1 Å². The Morgan fingerprint density at radius 2 is 1.65 bits per heavy atom. The maximum absolute atomic E-state index is 3.30. The Morgan fingerprint density at radius 3 is 2.24 bits per heavy atom. The van der Waals surface area contributed by atoms with Crippen molar-refractivity contribution in [3.63, 3.8) is 0 Å². The molecule has 0 N–H and O–H groups in total. The van der Waals surface area contributed by atoms with Gasteiger partial charge >= 0.3 is 0 Å². The molecular weight excluding hydrogens is 346 g/mol. The first kappa shape index (κ1) is 19.7. The number of hydrogen-bond acceptors (Lipinski definition) is 0. The van der Waals surface area contributed by atoms with Crippen LogP contribution in [0.5, 0.6) is 0 Å². The summed E-state index contributed by atoms with van der Waals surface area (Å²) < 4.78 is 0. The van der Waals surface area contributed by atoms with E-state index in [4.69, 9.17) is 0 Å². The summed E-state index contributed by atoms with van der Waals surface area (Å²) in [4.78, 5) is 0. The second-order valence-electron chi connectivity index (χ2n) is 4.80. The zero-order valence-corrected chi connectivity index (χ0v) is 15.4. The second-order valence-corrected chi connectivity index (χ2v) is 9.82.